The van der Waals surface area contributed by atoms with E-state index in [1.807, 2.05) is 11.3 Å². The third-order valence-corrected chi connectivity index (χ3v) is 4.13. The van der Waals surface area contributed by atoms with E-state index in [0.717, 1.165) is 18.9 Å². The molecule has 0 N–H and O–H groups in total. The molecule has 0 bridgehead atoms. The molecule has 2 heterocycles. The molecular weight excluding hydrogens is 206 g/mol. The summed E-state index contributed by atoms with van der Waals surface area (Å²) in [5, 5.41) is 3.53. The van der Waals surface area contributed by atoms with Crippen molar-refractivity contribution in [1.29, 1.82) is 0 Å². The predicted molar refractivity (Wildman–Crippen MR) is 61.4 cm³/mol. The lowest BCUT2D eigenvalue weighted by Gasteiger charge is -2.21. The van der Waals surface area contributed by atoms with Gasteiger partial charge in [0, 0.05) is 24.3 Å². The lowest BCUT2D eigenvalue weighted by Crippen LogP contribution is -2.21. The van der Waals surface area contributed by atoms with Crippen LogP contribution in [-0.2, 0) is 11.2 Å². The molecule has 2 nitrogen and oxygen atoms in total. The van der Waals surface area contributed by atoms with Crippen LogP contribution in [0.4, 0.5) is 0 Å². The van der Waals surface area contributed by atoms with E-state index in [0.29, 0.717) is 6.10 Å². The molecule has 2 aliphatic rings. The fourth-order valence-electron chi connectivity index (χ4n) is 2.15. The van der Waals surface area contributed by atoms with Gasteiger partial charge < -0.3 is 4.74 Å². The first kappa shape index (κ1) is 9.79. The van der Waals surface area contributed by atoms with E-state index in [-0.39, 0.29) is 0 Å². The number of aromatic nitrogens is 1. The molecule has 1 aliphatic heterocycles. The summed E-state index contributed by atoms with van der Waals surface area (Å²) in [5.41, 5.74) is 1.34. The zero-order valence-electron chi connectivity index (χ0n) is 8.95. The maximum atomic E-state index is 5.73. The Kier molecular flexibility index (Phi) is 2.76. The molecule has 15 heavy (non-hydrogen) atoms. The van der Waals surface area contributed by atoms with Crippen molar-refractivity contribution in [3.8, 4) is 0 Å². The molecule has 1 unspecified atom stereocenters. The molecule has 82 valence electrons. The van der Waals surface area contributed by atoms with Crippen molar-refractivity contribution >= 4 is 11.3 Å². The van der Waals surface area contributed by atoms with Crippen molar-refractivity contribution in [3.63, 3.8) is 0 Å². The standard InChI is InChI=1S/C12H17NOS/c1-2-6-14-10(3-1)7-12-13-11(8-15-12)9-4-5-9/h8-10H,1-7H2. The van der Waals surface area contributed by atoms with Crippen LogP contribution in [0.15, 0.2) is 5.38 Å². The van der Waals surface area contributed by atoms with Gasteiger partial charge in [-0.1, -0.05) is 0 Å². The van der Waals surface area contributed by atoms with Crippen LogP contribution in [0, 0.1) is 0 Å². The molecule has 1 aliphatic carbocycles. The maximum absolute atomic E-state index is 5.73. The number of thiazole rings is 1. The highest BCUT2D eigenvalue weighted by atomic mass is 32.1. The SMILES string of the molecule is c1sc(CC2CCCCO2)nc1C1CC1. The minimum Gasteiger partial charge on any atom is -0.378 e. The fraction of sp³-hybridized carbons (Fsp3) is 0.750. The Morgan fingerprint density at radius 3 is 3.00 bits per heavy atom. The van der Waals surface area contributed by atoms with Crippen LogP contribution in [0.25, 0.3) is 0 Å². The van der Waals surface area contributed by atoms with Crippen LogP contribution in [0.5, 0.6) is 0 Å². The van der Waals surface area contributed by atoms with Gasteiger partial charge in [0.05, 0.1) is 16.8 Å². The Labute approximate surface area is 94.7 Å². The molecule has 0 aromatic carbocycles. The third kappa shape index (κ3) is 2.40. The minimum atomic E-state index is 0.442. The molecule has 1 saturated carbocycles. The summed E-state index contributed by atoms with van der Waals surface area (Å²) in [4.78, 5) is 4.70. The van der Waals surface area contributed by atoms with Gasteiger partial charge in [-0.05, 0) is 32.1 Å². The van der Waals surface area contributed by atoms with Crippen LogP contribution >= 0.6 is 11.3 Å². The largest absolute Gasteiger partial charge is 0.378 e. The monoisotopic (exact) mass is 223 g/mol. The lowest BCUT2D eigenvalue weighted by atomic mass is 10.1. The fourth-order valence-corrected chi connectivity index (χ4v) is 3.09. The number of rotatable bonds is 3. The van der Waals surface area contributed by atoms with E-state index in [9.17, 15) is 0 Å². The Balaban J connectivity index is 1.60. The highest BCUT2D eigenvalue weighted by Crippen LogP contribution is 2.40. The summed E-state index contributed by atoms with van der Waals surface area (Å²) in [6.45, 7) is 0.950. The van der Waals surface area contributed by atoms with Crippen LogP contribution < -0.4 is 0 Å². The number of nitrogens with zero attached hydrogens (tertiary/aromatic N) is 1. The van der Waals surface area contributed by atoms with Gasteiger partial charge in [-0.15, -0.1) is 11.3 Å². The van der Waals surface area contributed by atoms with Gasteiger partial charge in [-0.25, -0.2) is 4.98 Å². The smallest absolute Gasteiger partial charge is 0.0954 e. The van der Waals surface area contributed by atoms with Crippen molar-refractivity contribution in [2.24, 2.45) is 0 Å². The number of hydrogen-bond donors (Lipinski definition) is 0. The van der Waals surface area contributed by atoms with Crippen LogP contribution in [-0.4, -0.2) is 17.7 Å². The first-order valence-corrected chi connectivity index (χ1v) is 6.85. The summed E-state index contributed by atoms with van der Waals surface area (Å²) in [6, 6.07) is 0. The van der Waals surface area contributed by atoms with E-state index in [4.69, 9.17) is 9.72 Å². The van der Waals surface area contributed by atoms with Gasteiger partial charge in [0.2, 0.25) is 0 Å². The van der Waals surface area contributed by atoms with Crippen molar-refractivity contribution < 1.29 is 4.74 Å². The first-order chi connectivity index (χ1) is 7.42. The highest BCUT2D eigenvalue weighted by molar-refractivity contribution is 7.09. The molecule has 2 fully saturated rings. The van der Waals surface area contributed by atoms with Gasteiger partial charge >= 0.3 is 0 Å². The average molecular weight is 223 g/mol. The van der Waals surface area contributed by atoms with Gasteiger partial charge in [0.25, 0.3) is 0 Å². The second-order valence-electron chi connectivity index (χ2n) is 4.63. The van der Waals surface area contributed by atoms with E-state index >= 15 is 0 Å². The van der Waals surface area contributed by atoms with Crippen LogP contribution in [0.2, 0.25) is 0 Å². The summed E-state index contributed by atoms with van der Waals surface area (Å²) >= 11 is 1.82. The van der Waals surface area contributed by atoms with Gasteiger partial charge in [-0.2, -0.15) is 0 Å². The van der Waals surface area contributed by atoms with Gasteiger partial charge in [-0.3, -0.25) is 0 Å². The summed E-state index contributed by atoms with van der Waals surface area (Å²) in [5.74, 6) is 0.794. The van der Waals surface area contributed by atoms with Crippen molar-refractivity contribution in [3.05, 3.63) is 16.1 Å². The van der Waals surface area contributed by atoms with Crippen molar-refractivity contribution in [2.75, 3.05) is 6.61 Å². The Morgan fingerprint density at radius 2 is 2.27 bits per heavy atom. The maximum Gasteiger partial charge on any atom is 0.0954 e. The predicted octanol–water partition coefficient (Wildman–Crippen LogP) is 3.13. The molecular formula is C12H17NOS. The van der Waals surface area contributed by atoms with Crippen molar-refractivity contribution in [1.82, 2.24) is 4.98 Å². The topological polar surface area (TPSA) is 22.1 Å². The minimum absolute atomic E-state index is 0.442. The summed E-state index contributed by atoms with van der Waals surface area (Å²) in [7, 11) is 0. The summed E-state index contributed by atoms with van der Waals surface area (Å²) < 4.78 is 5.73. The summed E-state index contributed by atoms with van der Waals surface area (Å²) in [6.07, 6.45) is 7.96. The molecule has 3 heteroatoms. The molecule has 0 amide bonds. The average Bonchev–Trinajstić information content (AvgIpc) is 3.02. The van der Waals surface area contributed by atoms with Crippen LogP contribution in [0.3, 0.4) is 0 Å². The zero-order chi connectivity index (χ0) is 10.1. The molecule has 1 aromatic rings. The molecule has 3 rings (SSSR count). The van der Waals surface area contributed by atoms with E-state index < -0.39 is 0 Å². The van der Waals surface area contributed by atoms with E-state index in [2.05, 4.69) is 5.38 Å². The molecule has 0 spiro atoms. The van der Waals surface area contributed by atoms with Gasteiger partial charge in [0.15, 0.2) is 0 Å². The highest BCUT2D eigenvalue weighted by Gasteiger charge is 2.26. The molecule has 1 aromatic heterocycles. The third-order valence-electron chi connectivity index (χ3n) is 3.24. The Hall–Kier alpha value is -0.410. The van der Waals surface area contributed by atoms with E-state index in [1.165, 1.54) is 42.8 Å². The second kappa shape index (κ2) is 4.22. The van der Waals surface area contributed by atoms with Gasteiger partial charge in [0.1, 0.15) is 0 Å². The first-order valence-electron chi connectivity index (χ1n) is 5.98. The van der Waals surface area contributed by atoms with Crippen molar-refractivity contribution in [2.45, 2.75) is 50.5 Å². The second-order valence-corrected chi connectivity index (χ2v) is 5.58. The molecule has 1 atom stereocenters. The normalized spacial score (nSPS) is 26.8. The number of ether oxygens (including phenoxy) is 1. The molecule has 0 radical (unpaired) electrons. The quantitative estimate of drug-likeness (QED) is 0.785. The van der Waals surface area contributed by atoms with E-state index in [1.54, 1.807) is 0 Å². The van der Waals surface area contributed by atoms with Crippen LogP contribution in [0.1, 0.15) is 48.7 Å². The molecule has 1 saturated heterocycles. The Bertz CT molecular complexity index is 326. The zero-order valence-corrected chi connectivity index (χ0v) is 9.76. The number of hydrogen-bond acceptors (Lipinski definition) is 3. The lowest BCUT2D eigenvalue weighted by molar-refractivity contribution is 0.0167. The Morgan fingerprint density at radius 1 is 1.33 bits per heavy atom.